The Balaban J connectivity index is 2.64. The fourth-order valence-electron chi connectivity index (χ4n) is 1.37. The molecule has 3 heteroatoms. The first kappa shape index (κ1) is 13.3. The number of carbonyl (C=O) groups excluding carboxylic acids is 1. The van der Waals surface area contributed by atoms with Crippen LogP contribution in [-0.2, 0) is 0 Å². The Morgan fingerprint density at radius 3 is 2.94 bits per heavy atom. The number of hydrogen-bond acceptors (Lipinski definition) is 3. The minimum atomic E-state index is 0.00876. The lowest BCUT2D eigenvalue weighted by Gasteiger charge is -2.10. The SMILES string of the molecule is C#CCNCC(=O)c1cccc(OC(C)C)c1. The van der Waals surface area contributed by atoms with Crippen molar-refractivity contribution >= 4 is 5.78 Å². The molecule has 0 radical (unpaired) electrons. The van der Waals surface area contributed by atoms with E-state index in [4.69, 9.17) is 11.2 Å². The first-order chi connectivity index (χ1) is 8.13. The van der Waals surface area contributed by atoms with Crippen LogP contribution in [0.15, 0.2) is 24.3 Å². The highest BCUT2D eigenvalue weighted by atomic mass is 16.5. The lowest BCUT2D eigenvalue weighted by molar-refractivity contribution is 0.0992. The van der Waals surface area contributed by atoms with E-state index in [0.717, 1.165) is 0 Å². The maximum Gasteiger partial charge on any atom is 0.176 e. The van der Waals surface area contributed by atoms with E-state index in [0.29, 0.717) is 17.9 Å². The van der Waals surface area contributed by atoms with Gasteiger partial charge in [-0.2, -0.15) is 0 Å². The zero-order valence-corrected chi connectivity index (χ0v) is 10.2. The van der Waals surface area contributed by atoms with Crippen LogP contribution in [0.2, 0.25) is 0 Å². The summed E-state index contributed by atoms with van der Waals surface area (Å²) in [7, 11) is 0. The molecular formula is C14H17NO2. The summed E-state index contributed by atoms with van der Waals surface area (Å²) in [5, 5.41) is 2.87. The molecule has 0 bridgehead atoms. The summed E-state index contributed by atoms with van der Waals surface area (Å²) in [6.07, 6.45) is 5.19. The highest BCUT2D eigenvalue weighted by Gasteiger charge is 2.06. The number of ether oxygens (including phenoxy) is 1. The average Bonchev–Trinajstić information content (AvgIpc) is 2.28. The van der Waals surface area contributed by atoms with Crippen LogP contribution in [0.4, 0.5) is 0 Å². The molecule has 1 N–H and O–H groups in total. The monoisotopic (exact) mass is 231 g/mol. The van der Waals surface area contributed by atoms with Crippen molar-refractivity contribution in [3.05, 3.63) is 29.8 Å². The van der Waals surface area contributed by atoms with Gasteiger partial charge in [0.25, 0.3) is 0 Å². The highest BCUT2D eigenvalue weighted by molar-refractivity contribution is 5.97. The molecule has 1 rings (SSSR count). The molecule has 0 saturated heterocycles. The lowest BCUT2D eigenvalue weighted by atomic mass is 10.1. The zero-order chi connectivity index (χ0) is 12.7. The Hall–Kier alpha value is -1.79. The predicted molar refractivity (Wildman–Crippen MR) is 68.2 cm³/mol. The second-order valence-electron chi connectivity index (χ2n) is 3.93. The number of Topliss-reactive ketones (excluding diaryl/α,β-unsaturated/α-hetero) is 1. The topological polar surface area (TPSA) is 38.3 Å². The molecule has 3 nitrogen and oxygen atoms in total. The predicted octanol–water partition coefficient (Wildman–Crippen LogP) is 1.88. The van der Waals surface area contributed by atoms with Gasteiger partial charge in [0.1, 0.15) is 5.75 Å². The lowest BCUT2D eigenvalue weighted by Crippen LogP contribution is -2.23. The van der Waals surface area contributed by atoms with Gasteiger partial charge < -0.3 is 4.74 Å². The van der Waals surface area contributed by atoms with Gasteiger partial charge in [-0.1, -0.05) is 18.1 Å². The van der Waals surface area contributed by atoms with E-state index in [-0.39, 0.29) is 18.4 Å². The molecule has 0 heterocycles. The second kappa shape index (κ2) is 6.72. The molecule has 0 unspecified atom stereocenters. The largest absolute Gasteiger partial charge is 0.491 e. The van der Waals surface area contributed by atoms with Gasteiger partial charge in [-0.3, -0.25) is 10.1 Å². The van der Waals surface area contributed by atoms with Gasteiger partial charge in [0.2, 0.25) is 0 Å². The first-order valence-electron chi connectivity index (χ1n) is 5.57. The van der Waals surface area contributed by atoms with Crippen LogP contribution >= 0.6 is 0 Å². The Bertz CT molecular complexity index is 418. The summed E-state index contributed by atoms with van der Waals surface area (Å²) in [5.41, 5.74) is 0.632. The van der Waals surface area contributed by atoms with Crippen molar-refractivity contribution in [3.8, 4) is 18.1 Å². The van der Waals surface area contributed by atoms with Crippen LogP contribution in [0.25, 0.3) is 0 Å². The van der Waals surface area contributed by atoms with E-state index in [1.165, 1.54) is 0 Å². The summed E-state index contributed by atoms with van der Waals surface area (Å²) < 4.78 is 5.53. The minimum absolute atomic E-state index is 0.00876. The van der Waals surface area contributed by atoms with Gasteiger partial charge in [-0.15, -0.1) is 6.42 Å². The van der Waals surface area contributed by atoms with Crippen LogP contribution in [0.1, 0.15) is 24.2 Å². The summed E-state index contributed by atoms with van der Waals surface area (Å²) in [6.45, 7) is 4.54. The molecule has 0 aliphatic carbocycles. The maximum atomic E-state index is 11.8. The third-order valence-corrected chi connectivity index (χ3v) is 2.04. The summed E-state index contributed by atoms with van der Waals surface area (Å²) in [6, 6.07) is 7.17. The first-order valence-corrected chi connectivity index (χ1v) is 5.57. The van der Waals surface area contributed by atoms with Gasteiger partial charge in [0.05, 0.1) is 19.2 Å². The van der Waals surface area contributed by atoms with Crippen LogP contribution in [0.3, 0.4) is 0 Å². The number of benzene rings is 1. The molecular weight excluding hydrogens is 214 g/mol. The molecule has 0 aliphatic rings. The van der Waals surface area contributed by atoms with Crippen molar-refractivity contribution in [3.63, 3.8) is 0 Å². The van der Waals surface area contributed by atoms with Crippen LogP contribution in [-0.4, -0.2) is 25.0 Å². The minimum Gasteiger partial charge on any atom is -0.491 e. The third-order valence-electron chi connectivity index (χ3n) is 2.04. The zero-order valence-electron chi connectivity index (χ0n) is 10.2. The number of rotatable bonds is 6. The van der Waals surface area contributed by atoms with Gasteiger partial charge >= 0.3 is 0 Å². The molecule has 0 spiro atoms. The average molecular weight is 231 g/mol. The fourth-order valence-corrected chi connectivity index (χ4v) is 1.37. The summed E-state index contributed by atoms with van der Waals surface area (Å²) in [5.74, 6) is 3.14. The number of nitrogens with one attached hydrogen (secondary N) is 1. The van der Waals surface area contributed by atoms with E-state index in [9.17, 15) is 4.79 Å². The Morgan fingerprint density at radius 1 is 1.53 bits per heavy atom. The number of terminal acetylenes is 1. The number of ketones is 1. The van der Waals surface area contributed by atoms with Crippen molar-refractivity contribution in [2.45, 2.75) is 20.0 Å². The Kier molecular flexibility index (Phi) is 5.25. The van der Waals surface area contributed by atoms with E-state index < -0.39 is 0 Å². The molecule has 0 fully saturated rings. The number of carbonyl (C=O) groups is 1. The quantitative estimate of drug-likeness (QED) is 0.461. The molecule has 0 aromatic heterocycles. The van der Waals surface area contributed by atoms with E-state index in [1.807, 2.05) is 26.0 Å². The van der Waals surface area contributed by atoms with Crippen LogP contribution in [0.5, 0.6) is 5.75 Å². The van der Waals surface area contributed by atoms with Gasteiger partial charge in [0.15, 0.2) is 5.78 Å². The highest BCUT2D eigenvalue weighted by Crippen LogP contribution is 2.15. The van der Waals surface area contributed by atoms with Gasteiger partial charge in [-0.25, -0.2) is 0 Å². The van der Waals surface area contributed by atoms with E-state index in [2.05, 4.69) is 11.2 Å². The molecule has 1 aromatic rings. The molecule has 0 atom stereocenters. The van der Waals surface area contributed by atoms with E-state index in [1.54, 1.807) is 12.1 Å². The van der Waals surface area contributed by atoms with Gasteiger partial charge in [-0.05, 0) is 26.0 Å². The van der Waals surface area contributed by atoms with Crippen LogP contribution < -0.4 is 10.1 Å². The summed E-state index contributed by atoms with van der Waals surface area (Å²) in [4.78, 5) is 11.8. The third kappa shape index (κ3) is 4.71. The molecule has 0 saturated carbocycles. The molecule has 17 heavy (non-hydrogen) atoms. The van der Waals surface area contributed by atoms with Crippen molar-refractivity contribution in [1.29, 1.82) is 0 Å². The standard InChI is InChI=1S/C14H17NO2/c1-4-8-15-10-14(16)12-6-5-7-13(9-12)17-11(2)3/h1,5-7,9,11,15H,8,10H2,2-3H3. The Labute approximate surface area is 102 Å². The fraction of sp³-hybridized carbons (Fsp3) is 0.357. The summed E-state index contributed by atoms with van der Waals surface area (Å²) >= 11 is 0. The molecule has 0 aliphatic heterocycles. The molecule has 90 valence electrons. The molecule has 1 aromatic carbocycles. The molecule has 0 amide bonds. The van der Waals surface area contributed by atoms with Crippen LogP contribution in [0, 0.1) is 12.3 Å². The smallest absolute Gasteiger partial charge is 0.176 e. The van der Waals surface area contributed by atoms with Gasteiger partial charge in [0, 0.05) is 5.56 Å². The van der Waals surface area contributed by atoms with Crippen molar-refractivity contribution in [1.82, 2.24) is 5.32 Å². The van der Waals surface area contributed by atoms with Crippen molar-refractivity contribution < 1.29 is 9.53 Å². The maximum absolute atomic E-state index is 11.8. The van der Waals surface area contributed by atoms with Crippen molar-refractivity contribution in [2.24, 2.45) is 0 Å². The second-order valence-corrected chi connectivity index (χ2v) is 3.93. The number of hydrogen-bond donors (Lipinski definition) is 1. The van der Waals surface area contributed by atoms with E-state index >= 15 is 0 Å². The Morgan fingerprint density at radius 2 is 2.29 bits per heavy atom. The normalized spacial score (nSPS) is 10.0. The van der Waals surface area contributed by atoms with Crippen molar-refractivity contribution in [2.75, 3.05) is 13.1 Å².